The van der Waals surface area contributed by atoms with Gasteiger partial charge in [0.05, 0.1) is 0 Å². The number of rotatable bonds is 5. The highest BCUT2D eigenvalue weighted by Gasteiger charge is 2.14. The van der Waals surface area contributed by atoms with Crippen molar-refractivity contribution in [2.24, 2.45) is 0 Å². The molecule has 0 saturated heterocycles. The molecule has 0 radical (unpaired) electrons. The van der Waals surface area contributed by atoms with Crippen LogP contribution in [0.5, 0.6) is 0 Å². The molecule has 0 atom stereocenters. The Bertz CT molecular complexity index is 1180. The molecule has 0 bridgehead atoms. The first-order valence-electron chi connectivity index (χ1n) is 13.3. The fourth-order valence-electron chi connectivity index (χ4n) is 6.07. The Morgan fingerprint density at radius 2 is 0.853 bits per heavy atom. The second-order valence-corrected chi connectivity index (χ2v) is 10.2. The van der Waals surface area contributed by atoms with Gasteiger partial charge in [0, 0.05) is 0 Å². The topological polar surface area (TPSA) is 28.2 Å². The van der Waals surface area contributed by atoms with Gasteiger partial charge < -0.3 is 10.6 Å². The van der Waals surface area contributed by atoms with E-state index in [0.717, 1.165) is 11.4 Å². The number of hydrogen-bond acceptors (Lipinski definition) is 0. The molecule has 0 unspecified atom stereocenters. The largest absolute Gasteiger partial charge is 0.681 e. The van der Waals surface area contributed by atoms with Crippen LogP contribution in [0.3, 0.4) is 0 Å². The third-order valence-corrected chi connectivity index (χ3v) is 7.86. The zero-order valence-electron chi connectivity index (χ0n) is 20.0. The summed E-state index contributed by atoms with van der Waals surface area (Å²) in [6.07, 6.45) is 12.7. The van der Waals surface area contributed by atoms with Gasteiger partial charge >= 0.3 is 0 Å². The summed E-state index contributed by atoms with van der Waals surface area (Å²) in [5.41, 5.74) is 4.83. The zero-order chi connectivity index (χ0) is 22.7. The Morgan fingerprint density at radius 3 is 1.29 bits per heavy atom. The van der Waals surface area contributed by atoms with Gasteiger partial charge in [0.25, 0.3) is 0 Å². The standard InChI is InChI=1S/C32H34N2/c1-3-13-25(14-4-1)33-29-21-19-23-11-7-9-17-27(23)31(29)32-28-18-10-8-12-24(28)20-22-30(32)34-26-15-5-2-6-16-26/h7-12,17-22,25-26H,1-6,13-16H2/q-2. The van der Waals surface area contributed by atoms with E-state index in [1.807, 2.05) is 0 Å². The highest BCUT2D eigenvalue weighted by atomic mass is 14.9. The highest BCUT2D eigenvalue weighted by molar-refractivity contribution is 6.14. The van der Waals surface area contributed by atoms with Gasteiger partial charge in [0.15, 0.2) is 0 Å². The molecule has 2 nitrogen and oxygen atoms in total. The van der Waals surface area contributed by atoms with Crippen LogP contribution in [0.25, 0.3) is 43.3 Å². The number of benzene rings is 4. The van der Waals surface area contributed by atoms with Crippen molar-refractivity contribution >= 4 is 32.9 Å². The van der Waals surface area contributed by atoms with Crippen molar-refractivity contribution in [1.82, 2.24) is 0 Å². The summed E-state index contributed by atoms with van der Waals surface area (Å²) in [7, 11) is 0. The van der Waals surface area contributed by atoms with Crippen LogP contribution in [0.2, 0.25) is 0 Å². The van der Waals surface area contributed by atoms with E-state index in [1.54, 1.807) is 0 Å². The number of fused-ring (bicyclic) bond motifs is 2. The SMILES string of the molecule is c1ccc2c(-c3c([N-]C4CCCCC4)ccc4ccccc34)c([N-]C3CCCCC3)ccc2c1. The van der Waals surface area contributed by atoms with Gasteiger partial charge in [-0.2, -0.15) is 0 Å². The molecule has 0 N–H and O–H groups in total. The molecular weight excluding hydrogens is 412 g/mol. The van der Waals surface area contributed by atoms with Gasteiger partial charge in [0.1, 0.15) is 0 Å². The molecule has 0 aromatic heterocycles. The van der Waals surface area contributed by atoms with Crippen LogP contribution in [-0.4, -0.2) is 12.1 Å². The minimum Gasteiger partial charge on any atom is -0.681 e. The summed E-state index contributed by atoms with van der Waals surface area (Å²) in [4.78, 5) is 0. The van der Waals surface area contributed by atoms with E-state index in [4.69, 9.17) is 10.6 Å². The minimum absolute atomic E-state index is 0.433. The lowest BCUT2D eigenvalue weighted by Crippen LogP contribution is -2.10. The molecule has 2 aliphatic rings. The maximum absolute atomic E-state index is 5.40. The summed E-state index contributed by atoms with van der Waals surface area (Å²) in [6, 6.07) is 27.5. The van der Waals surface area contributed by atoms with E-state index in [-0.39, 0.29) is 0 Å². The third-order valence-electron chi connectivity index (χ3n) is 7.86. The Kier molecular flexibility index (Phi) is 6.14. The zero-order valence-corrected chi connectivity index (χ0v) is 20.0. The fourth-order valence-corrected chi connectivity index (χ4v) is 6.07. The van der Waals surface area contributed by atoms with Crippen LogP contribution in [0.4, 0.5) is 11.4 Å². The lowest BCUT2D eigenvalue weighted by molar-refractivity contribution is 0.475. The molecule has 4 aromatic rings. The lowest BCUT2D eigenvalue weighted by Gasteiger charge is -2.41. The van der Waals surface area contributed by atoms with Crippen molar-refractivity contribution in [2.75, 3.05) is 0 Å². The maximum atomic E-state index is 5.40. The molecule has 2 aliphatic carbocycles. The van der Waals surface area contributed by atoms with E-state index in [9.17, 15) is 0 Å². The summed E-state index contributed by atoms with van der Waals surface area (Å²) in [5, 5.41) is 15.9. The van der Waals surface area contributed by atoms with Crippen LogP contribution in [0, 0.1) is 0 Å². The first-order valence-corrected chi connectivity index (χ1v) is 13.3. The molecule has 2 saturated carbocycles. The van der Waals surface area contributed by atoms with Gasteiger partial charge in [-0.3, -0.25) is 0 Å². The molecule has 34 heavy (non-hydrogen) atoms. The second-order valence-electron chi connectivity index (χ2n) is 10.2. The lowest BCUT2D eigenvalue weighted by atomic mass is 9.89. The van der Waals surface area contributed by atoms with Crippen LogP contribution >= 0.6 is 0 Å². The van der Waals surface area contributed by atoms with Crippen molar-refractivity contribution in [3.05, 3.63) is 83.4 Å². The number of nitrogens with zero attached hydrogens (tertiary/aromatic N) is 2. The first kappa shape index (κ1) is 21.5. The minimum atomic E-state index is 0.433. The van der Waals surface area contributed by atoms with Crippen molar-refractivity contribution in [1.29, 1.82) is 0 Å². The summed E-state index contributed by atoms with van der Waals surface area (Å²) in [6.45, 7) is 0. The normalized spacial score (nSPS) is 17.8. The average molecular weight is 447 g/mol. The molecule has 4 aromatic carbocycles. The summed E-state index contributed by atoms with van der Waals surface area (Å²) in [5.74, 6) is 0. The fraction of sp³-hybridized carbons (Fsp3) is 0.375. The van der Waals surface area contributed by atoms with Crippen LogP contribution in [0.1, 0.15) is 64.2 Å². The van der Waals surface area contributed by atoms with Gasteiger partial charge in [-0.1, -0.05) is 137 Å². The van der Waals surface area contributed by atoms with Gasteiger partial charge in [0.2, 0.25) is 0 Å². The van der Waals surface area contributed by atoms with E-state index in [2.05, 4.69) is 72.8 Å². The predicted molar refractivity (Wildman–Crippen MR) is 147 cm³/mol. The van der Waals surface area contributed by atoms with Crippen LogP contribution in [0.15, 0.2) is 72.8 Å². The summed E-state index contributed by atoms with van der Waals surface area (Å²) >= 11 is 0. The van der Waals surface area contributed by atoms with Crippen molar-refractivity contribution in [3.8, 4) is 11.1 Å². The van der Waals surface area contributed by atoms with Crippen LogP contribution < -0.4 is 0 Å². The number of hydrogen-bond donors (Lipinski definition) is 0. The van der Waals surface area contributed by atoms with Crippen molar-refractivity contribution in [3.63, 3.8) is 0 Å². The molecule has 0 aliphatic heterocycles. The molecule has 2 fully saturated rings. The molecular formula is C32H34N2-2. The molecule has 2 heteroatoms. The van der Waals surface area contributed by atoms with E-state index >= 15 is 0 Å². The Balaban J connectivity index is 1.56. The molecule has 174 valence electrons. The van der Waals surface area contributed by atoms with E-state index in [0.29, 0.717) is 12.1 Å². The highest BCUT2D eigenvalue weighted by Crippen LogP contribution is 2.50. The summed E-state index contributed by atoms with van der Waals surface area (Å²) < 4.78 is 0. The molecule has 0 amide bonds. The van der Waals surface area contributed by atoms with Crippen molar-refractivity contribution in [2.45, 2.75) is 76.3 Å². The Hall–Kier alpha value is -3.00. The maximum Gasteiger partial charge on any atom is -0.0118 e. The Morgan fingerprint density at radius 1 is 0.441 bits per heavy atom. The van der Waals surface area contributed by atoms with Crippen LogP contribution in [-0.2, 0) is 0 Å². The van der Waals surface area contributed by atoms with Crippen molar-refractivity contribution < 1.29 is 0 Å². The van der Waals surface area contributed by atoms with E-state index in [1.165, 1.54) is 96.9 Å². The molecule has 6 rings (SSSR count). The molecule has 0 spiro atoms. The second kappa shape index (κ2) is 9.70. The van der Waals surface area contributed by atoms with E-state index < -0.39 is 0 Å². The first-order chi connectivity index (χ1) is 16.9. The van der Waals surface area contributed by atoms with Gasteiger partial charge in [-0.25, -0.2) is 0 Å². The third kappa shape index (κ3) is 4.27. The van der Waals surface area contributed by atoms with Gasteiger partial charge in [-0.05, 0) is 32.7 Å². The monoisotopic (exact) mass is 446 g/mol. The Labute approximate surface area is 203 Å². The molecule has 0 heterocycles. The smallest absolute Gasteiger partial charge is 0.0118 e. The van der Waals surface area contributed by atoms with Gasteiger partial charge in [-0.15, -0.1) is 23.5 Å². The average Bonchev–Trinajstić information content (AvgIpc) is 2.90. The predicted octanol–water partition coefficient (Wildman–Crippen LogP) is 10.3. The quantitative estimate of drug-likeness (QED) is 0.292.